The van der Waals surface area contributed by atoms with Crippen LogP contribution in [0.1, 0.15) is 25.8 Å². The highest BCUT2D eigenvalue weighted by molar-refractivity contribution is 7.16. The number of amides is 1. The topological polar surface area (TPSA) is 79.3 Å². The van der Waals surface area contributed by atoms with Gasteiger partial charge in [-0.25, -0.2) is 9.78 Å². The highest BCUT2D eigenvalue weighted by Gasteiger charge is 2.14. The molecule has 0 spiro atoms. The molecule has 0 unspecified atom stereocenters. The summed E-state index contributed by atoms with van der Waals surface area (Å²) in [6, 6.07) is 1.71. The number of aromatic nitrogens is 1. The molecule has 0 bridgehead atoms. The van der Waals surface area contributed by atoms with Gasteiger partial charge in [0.05, 0.1) is 10.6 Å². The molecule has 0 fully saturated rings. The van der Waals surface area contributed by atoms with Gasteiger partial charge in [-0.1, -0.05) is 0 Å². The number of thiazole rings is 1. The van der Waals surface area contributed by atoms with Crippen molar-refractivity contribution in [3.8, 4) is 0 Å². The number of carboxylic acids is 1. The van der Waals surface area contributed by atoms with Crippen LogP contribution < -0.4 is 5.32 Å². The number of nitrogens with zero attached hydrogens (tertiary/aromatic N) is 1. The third-order valence-electron chi connectivity index (χ3n) is 2.56. The summed E-state index contributed by atoms with van der Waals surface area (Å²) in [6.07, 6.45) is 2.42. The second-order valence-corrected chi connectivity index (χ2v) is 6.11. The van der Waals surface area contributed by atoms with Gasteiger partial charge in [-0.15, -0.1) is 22.7 Å². The van der Waals surface area contributed by atoms with E-state index in [1.165, 1.54) is 28.7 Å². The molecule has 2 aromatic rings. The second-order valence-electron chi connectivity index (χ2n) is 3.99. The van der Waals surface area contributed by atoms with E-state index in [0.29, 0.717) is 15.6 Å². The Morgan fingerprint density at radius 2 is 2.15 bits per heavy atom. The number of aryl methyl sites for hydroxylation is 2. The van der Waals surface area contributed by atoms with E-state index in [1.54, 1.807) is 11.4 Å². The van der Waals surface area contributed by atoms with Crippen LogP contribution in [0.15, 0.2) is 17.5 Å². The standard InChI is InChI=1S/C13H12N2O3S2/c1-7-8(2)20-13(14-7)15-12(18)11-9(5-6-19-11)3-4-10(16)17/h3-6H,1-2H3,(H,16,17)(H,14,15,18). The van der Waals surface area contributed by atoms with E-state index in [2.05, 4.69) is 10.3 Å². The highest BCUT2D eigenvalue weighted by Crippen LogP contribution is 2.24. The molecular formula is C13H12N2O3S2. The van der Waals surface area contributed by atoms with Crippen LogP contribution in [0.5, 0.6) is 0 Å². The Morgan fingerprint density at radius 1 is 1.40 bits per heavy atom. The van der Waals surface area contributed by atoms with Crippen molar-refractivity contribution < 1.29 is 14.7 Å². The van der Waals surface area contributed by atoms with Crippen molar-refractivity contribution in [1.29, 1.82) is 0 Å². The van der Waals surface area contributed by atoms with E-state index in [1.807, 2.05) is 13.8 Å². The van der Waals surface area contributed by atoms with E-state index in [-0.39, 0.29) is 5.91 Å². The van der Waals surface area contributed by atoms with Gasteiger partial charge in [0.15, 0.2) is 5.13 Å². The fourth-order valence-electron chi connectivity index (χ4n) is 1.48. The van der Waals surface area contributed by atoms with Gasteiger partial charge in [0, 0.05) is 11.0 Å². The lowest BCUT2D eigenvalue weighted by atomic mass is 10.2. The van der Waals surface area contributed by atoms with Crippen molar-refractivity contribution in [3.05, 3.63) is 38.5 Å². The summed E-state index contributed by atoms with van der Waals surface area (Å²) in [6.45, 7) is 3.82. The van der Waals surface area contributed by atoms with Crippen molar-refractivity contribution in [2.24, 2.45) is 0 Å². The van der Waals surface area contributed by atoms with E-state index in [4.69, 9.17) is 5.11 Å². The normalized spacial score (nSPS) is 10.9. The maximum absolute atomic E-state index is 12.1. The monoisotopic (exact) mass is 308 g/mol. The zero-order valence-electron chi connectivity index (χ0n) is 10.8. The quantitative estimate of drug-likeness (QED) is 0.850. The maximum Gasteiger partial charge on any atom is 0.328 e. The number of thiophene rings is 1. The van der Waals surface area contributed by atoms with Crippen molar-refractivity contribution in [2.75, 3.05) is 5.32 Å². The van der Waals surface area contributed by atoms with Crippen LogP contribution >= 0.6 is 22.7 Å². The minimum atomic E-state index is -1.05. The molecule has 0 atom stereocenters. The van der Waals surface area contributed by atoms with Gasteiger partial charge in [0.25, 0.3) is 5.91 Å². The van der Waals surface area contributed by atoms with E-state index < -0.39 is 5.97 Å². The molecular weight excluding hydrogens is 296 g/mol. The first-order valence-electron chi connectivity index (χ1n) is 5.71. The molecule has 2 rings (SSSR count). The molecule has 104 valence electrons. The largest absolute Gasteiger partial charge is 0.478 e. The SMILES string of the molecule is Cc1nc(NC(=O)c2sccc2C=CC(=O)O)sc1C. The molecule has 2 heterocycles. The van der Waals surface area contributed by atoms with Crippen molar-refractivity contribution in [2.45, 2.75) is 13.8 Å². The van der Waals surface area contributed by atoms with Crippen LogP contribution in [0.2, 0.25) is 0 Å². The van der Waals surface area contributed by atoms with Crippen LogP contribution in [0.3, 0.4) is 0 Å². The summed E-state index contributed by atoms with van der Waals surface area (Å²) in [4.78, 5) is 28.4. The first kappa shape index (κ1) is 14.4. The van der Waals surface area contributed by atoms with Crippen molar-refractivity contribution in [1.82, 2.24) is 4.98 Å². The lowest BCUT2D eigenvalue weighted by molar-refractivity contribution is -0.131. The van der Waals surface area contributed by atoms with Crippen LogP contribution in [0, 0.1) is 13.8 Å². The zero-order valence-corrected chi connectivity index (χ0v) is 12.5. The predicted molar refractivity (Wildman–Crippen MR) is 80.5 cm³/mol. The summed E-state index contributed by atoms with van der Waals surface area (Å²) < 4.78 is 0. The minimum absolute atomic E-state index is 0.279. The molecule has 0 aromatic carbocycles. The maximum atomic E-state index is 12.1. The average Bonchev–Trinajstić information content (AvgIpc) is 2.94. The molecule has 20 heavy (non-hydrogen) atoms. The third kappa shape index (κ3) is 3.31. The molecule has 7 heteroatoms. The number of hydrogen-bond donors (Lipinski definition) is 2. The molecule has 0 aliphatic carbocycles. The highest BCUT2D eigenvalue weighted by atomic mass is 32.1. The fourth-order valence-corrected chi connectivity index (χ4v) is 3.07. The van der Waals surface area contributed by atoms with Gasteiger partial charge < -0.3 is 5.11 Å². The zero-order chi connectivity index (χ0) is 14.7. The first-order chi connectivity index (χ1) is 9.47. The Labute approximate surface area is 123 Å². The lowest BCUT2D eigenvalue weighted by Crippen LogP contribution is -2.11. The number of anilines is 1. The first-order valence-corrected chi connectivity index (χ1v) is 7.41. The molecule has 1 amide bonds. The molecule has 5 nitrogen and oxygen atoms in total. The van der Waals surface area contributed by atoms with Crippen LogP contribution in [-0.4, -0.2) is 22.0 Å². The molecule has 2 N–H and O–H groups in total. The lowest BCUT2D eigenvalue weighted by Gasteiger charge is -2.00. The smallest absolute Gasteiger partial charge is 0.328 e. The molecule has 0 saturated carbocycles. The number of hydrogen-bond acceptors (Lipinski definition) is 5. The number of aliphatic carboxylic acids is 1. The summed E-state index contributed by atoms with van der Waals surface area (Å²) >= 11 is 2.67. The predicted octanol–water partition coefficient (Wildman–Crippen LogP) is 3.17. The Balaban J connectivity index is 2.17. The number of carbonyl (C=O) groups is 2. The third-order valence-corrected chi connectivity index (χ3v) is 4.47. The van der Waals surface area contributed by atoms with Crippen LogP contribution in [0.25, 0.3) is 6.08 Å². The molecule has 0 radical (unpaired) electrons. The Bertz CT molecular complexity index is 666. The Kier molecular flexibility index (Phi) is 4.31. The Morgan fingerprint density at radius 3 is 2.75 bits per heavy atom. The molecule has 2 aromatic heterocycles. The second kappa shape index (κ2) is 5.98. The number of rotatable bonds is 4. The number of carbonyl (C=O) groups excluding carboxylic acids is 1. The van der Waals surface area contributed by atoms with E-state index in [9.17, 15) is 9.59 Å². The van der Waals surface area contributed by atoms with Crippen molar-refractivity contribution >= 4 is 45.8 Å². The van der Waals surface area contributed by atoms with Crippen molar-refractivity contribution in [3.63, 3.8) is 0 Å². The summed E-state index contributed by atoms with van der Waals surface area (Å²) in [7, 11) is 0. The van der Waals surface area contributed by atoms with E-state index in [0.717, 1.165) is 16.6 Å². The Hall–Kier alpha value is -1.99. The average molecular weight is 308 g/mol. The van der Waals surface area contributed by atoms with Gasteiger partial charge in [-0.05, 0) is 36.9 Å². The van der Waals surface area contributed by atoms with Gasteiger partial charge in [-0.3, -0.25) is 10.1 Å². The fraction of sp³-hybridized carbons (Fsp3) is 0.154. The number of nitrogens with one attached hydrogen (secondary N) is 1. The summed E-state index contributed by atoms with van der Waals surface area (Å²) in [5, 5.41) is 13.6. The summed E-state index contributed by atoms with van der Waals surface area (Å²) in [5.74, 6) is -1.33. The molecule has 0 aliphatic rings. The molecule has 0 saturated heterocycles. The van der Waals surface area contributed by atoms with Crippen LogP contribution in [-0.2, 0) is 4.79 Å². The summed E-state index contributed by atoms with van der Waals surface area (Å²) in [5.41, 5.74) is 1.47. The van der Waals surface area contributed by atoms with Gasteiger partial charge in [-0.2, -0.15) is 0 Å². The number of carboxylic acid groups (broad SMARTS) is 1. The van der Waals surface area contributed by atoms with Gasteiger partial charge in [0.2, 0.25) is 0 Å². The van der Waals surface area contributed by atoms with Gasteiger partial charge >= 0.3 is 5.97 Å². The van der Waals surface area contributed by atoms with E-state index >= 15 is 0 Å². The van der Waals surface area contributed by atoms with Crippen LogP contribution in [0.4, 0.5) is 5.13 Å². The van der Waals surface area contributed by atoms with Gasteiger partial charge in [0.1, 0.15) is 0 Å². The minimum Gasteiger partial charge on any atom is -0.478 e. The molecule has 0 aliphatic heterocycles.